The van der Waals surface area contributed by atoms with E-state index in [9.17, 15) is 4.79 Å². The Hall–Kier alpha value is -2.87. The smallest absolute Gasteiger partial charge is 0.207 e. The van der Waals surface area contributed by atoms with Crippen molar-refractivity contribution in [1.82, 2.24) is 0 Å². The lowest BCUT2D eigenvalue weighted by Crippen LogP contribution is -2.19. The van der Waals surface area contributed by atoms with Crippen molar-refractivity contribution in [2.45, 2.75) is 13.0 Å². The van der Waals surface area contributed by atoms with Crippen LogP contribution in [0, 0.1) is 6.92 Å². The van der Waals surface area contributed by atoms with Crippen molar-refractivity contribution in [3.8, 4) is 5.75 Å². The van der Waals surface area contributed by atoms with E-state index in [4.69, 9.17) is 4.74 Å². The van der Waals surface area contributed by atoms with Gasteiger partial charge in [0, 0.05) is 11.1 Å². The molecule has 3 aromatic rings. The zero-order chi connectivity index (χ0) is 16.1. The minimum Gasteiger partial charge on any atom is -0.478 e. The predicted octanol–water partition coefficient (Wildman–Crippen LogP) is 5.00. The Morgan fingerprint density at radius 2 is 1.35 bits per heavy atom. The van der Waals surface area contributed by atoms with Crippen LogP contribution in [0.5, 0.6) is 5.75 Å². The Morgan fingerprint density at radius 1 is 0.783 bits per heavy atom. The predicted molar refractivity (Wildman–Crippen MR) is 91.8 cm³/mol. The summed E-state index contributed by atoms with van der Waals surface area (Å²) in [6.45, 7) is 2.00. The van der Waals surface area contributed by atoms with E-state index < -0.39 is 6.10 Å². The maximum Gasteiger partial charge on any atom is 0.207 e. The highest BCUT2D eigenvalue weighted by Gasteiger charge is 2.23. The maximum absolute atomic E-state index is 12.9. The number of para-hydroxylation sites is 1. The summed E-state index contributed by atoms with van der Waals surface area (Å²) in [6.07, 6.45) is -0.652. The van der Waals surface area contributed by atoms with Crippen molar-refractivity contribution >= 4 is 5.78 Å². The molecule has 114 valence electrons. The lowest BCUT2D eigenvalue weighted by atomic mass is 9.99. The van der Waals surface area contributed by atoms with Crippen molar-refractivity contribution in [2.75, 3.05) is 0 Å². The molecule has 23 heavy (non-hydrogen) atoms. The van der Waals surface area contributed by atoms with Crippen LogP contribution in [0.4, 0.5) is 0 Å². The summed E-state index contributed by atoms with van der Waals surface area (Å²) in [4.78, 5) is 12.9. The number of ketones is 1. The van der Waals surface area contributed by atoms with E-state index in [1.807, 2.05) is 91.9 Å². The molecule has 2 nitrogen and oxygen atoms in total. The fourth-order valence-corrected chi connectivity index (χ4v) is 2.41. The molecule has 0 spiro atoms. The average Bonchev–Trinajstić information content (AvgIpc) is 2.61. The Bertz CT molecular complexity index is 762. The van der Waals surface area contributed by atoms with E-state index in [2.05, 4.69) is 0 Å². The zero-order valence-corrected chi connectivity index (χ0v) is 13.0. The molecule has 0 radical (unpaired) electrons. The molecule has 0 heterocycles. The van der Waals surface area contributed by atoms with Crippen LogP contribution in [0.2, 0.25) is 0 Å². The molecule has 0 aliphatic carbocycles. The van der Waals surface area contributed by atoms with Crippen LogP contribution in [0.1, 0.15) is 27.6 Å². The molecule has 0 aromatic heterocycles. The topological polar surface area (TPSA) is 26.3 Å². The monoisotopic (exact) mass is 302 g/mol. The fourth-order valence-electron chi connectivity index (χ4n) is 2.41. The SMILES string of the molecule is Cc1ccc(C(=O)C(Oc2ccccc2)c2ccccc2)cc1. The number of ether oxygens (including phenoxy) is 1. The molecular formula is C21H18O2. The van der Waals surface area contributed by atoms with Gasteiger partial charge in [0.2, 0.25) is 5.78 Å². The summed E-state index contributed by atoms with van der Waals surface area (Å²) in [5.74, 6) is 0.641. The number of benzene rings is 3. The Balaban J connectivity index is 1.94. The quantitative estimate of drug-likeness (QED) is 0.620. The molecule has 0 amide bonds. The second kappa shape index (κ2) is 6.93. The van der Waals surface area contributed by atoms with Gasteiger partial charge in [-0.2, -0.15) is 0 Å². The highest BCUT2D eigenvalue weighted by Crippen LogP contribution is 2.25. The zero-order valence-electron chi connectivity index (χ0n) is 13.0. The molecule has 1 atom stereocenters. The molecule has 0 bridgehead atoms. The lowest BCUT2D eigenvalue weighted by molar-refractivity contribution is 0.0792. The summed E-state index contributed by atoms with van der Waals surface area (Å²) in [7, 11) is 0. The highest BCUT2D eigenvalue weighted by molar-refractivity contribution is 6.00. The van der Waals surface area contributed by atoms with Gasteiger partial charge in [-0.15, -0.1) is 0 Å². The summed E-state index contributed by atoms with van der Waals surface area (Å²) in [6, 6.07) is 26.6. The van der Waals surface area contributed by atoms with Gasteiger partial charge >= 0.3 is 0 Å². The first-order chi connectivity index (χ1) is 11.2. The van der Waals surface area contributed by atoms with E-state index in [1.165, 1.54) is 0 Å². The number of hydrogen-bond acceptors (Lipinski definition) is 2. The molecule has 2 heteroatoms. The van der Waals surface area contributed by atoms with E-state index in [0.29, 0.717) is 11.3 Å². The van der Waals surface area contributed by atoms with Crippen LogP contribution in [-0.4, -0.2) is 5.78 Å². The fraction of sp³-hybridized carbons (Fsp3) is 0.0952. The third kappa shape index (κ3) is 3.67. The van der Waals surface area contributed by atoms with Crippen molar-refractivity contribution in [3.05, 3.63) is 102 Å². The third-order valence-electron chi connectivity index (χ3n) is 3.67. The molecule has 1 unspecified atom stereocenters. The van der Waals surface area contributed by atoms with E-state index >= 15 is 0 Å². The molecule has 0 N–H and O–H groups in total. The molecule has 0 saturated carbocycles. The summed E-state index contributed by atoms with van der Waals surface area (Å²) >= 11 is 0. The van der Waals surface area contributed by atoms with Crippen molar-refractivity contribution in [3.63, 3.8) is 0 Å². The first-order valence-corrected chi connectivity index (χ1v) is 7.61. The Morgan fingerprint density at radius 3 is 1.96 bits per heavy atom. The minimum atomic E-state index is -0.652. The molecule has 3 rings (SSSR count). The van der Waals surface area contributed by atoms with E-state index in [-0.39, 0.29) is 5.78 Å². The van der Waals surface area contributed by atoms with Gasteiger partial charge in [0.25, 0.3) is 0 Å². The number of carbonyl (C=O) groups excluding carboxylic acids is 1. The number of aryl methyl sites for hydroxylation is 1. The average molecular weight is 302 g/mol. The van der Waals surface area contributed by atoms with Crippen molar-refractivity contribution < 1.29 is 9.53 Å². The van der Waals surface area contributed by atoms with Crippen LogP contribution in [0.15, 0.2) is 84.9 Å². The third-order valence-corrected chi connectivity index (χ3v) is 3.67. The number of Topliss-reactive ketones (excluding diaryl/α,β-unsaturated/α-hetero) is 1. The molecule has 0 aliphatic rings. The van der Waals surface area contributed by atoms with Gasteiger partial charge in [-0.1, -0.05) is 78.4 Å². The van der Waals surface area contributed by atoms with Gasteiger partial charge in [0.05, 0.1) is 0 Å². The van der Waals surface area contributed by atoms with Gasteiger partial charge in [-0.25, -0.2) is 0 Å². The largest absolute Gasteiger partial charge is 0.478 e. The number of carbonyl (C=O) groups is 1. The van der Waals surface area contributed by atoms with Crippen molar-refractivity contribution in [2.24, 2.45) is 0 Å². The van der Waals surface area contributed by atoms with E-state index in [1.54, 1.807) is 0 Å². The lowest BCUT2D eigenvalue weighted by Gasteiger charge is -2.18. The van der Waals surface area contributed by atoms with Crippen LogP contribution in [0.25, 0.3) is 0 Å². The van der Waals surface area contributed by atoms with Gasteiger partial charge in [0.1, 0.15) is 5.75 Å². The van der Waals surface area contributed by atoms with Crippen LogP contribution >= 0.6 is 0 Å². The van der Waals surface area contributed by atoms with Crippen molar-refractivity contribution in [1.29, 1.82) is 0 Å². The maximum atomic E-state index is 12.9. The van der Waals surface area contributed by atoms with Crippen LogP contribution in [-0.2, 0) is 0 Å². The molecule has 0 fully saturated rings. The van der Waals surface area contributed by atoms with Gasteiger partial charge < -0.3 is 4.74 Å². The molecule has 0 saturated heterocycles. The summed E-state index contributed by atoms with van der Waals surface area (Å²) < 4.78 is 6.00. The summed E-state index contributed by atoms with van der Waals surface area (Å²) in [5.41, 5.74) is 2.63. The Labute approximate surface area is 136 Å². The number of rotatable bonds is 5. The first kappa shape index (κ1) is 15.0. The van der Waals surface area contributed by atoms with Crippen LogP contribution < -0.4 is 4.74 Å². The van der Waals surface area contributed by atoms with Crippen LogP contribution in [0.3, 0.4) is 0 Å². The minimum absolute atomic E-state index is 0.0416. The van der Waals surface area contributed by atoms with Gasteiger partial charge in [0.15, 0.2) is 6.10 Å². The van der Waals surface area contributed by atoms with Gasteiger partial charge in [-0.3, -0.25) is 4.79 Å². The molecule has 3 aromatic carbocycles. The highest BCUT2D eigenvalue weighted by atomic mass is 16.5. The normalized spacial score (nSPS) is 11.7. The second-order valence-corrected chi connectivity index (χ2v) is 5.45. The Kier molecular flexibility index (Phi) is 4.53. The van der Waals surface area contributed by atoms with E-state index in [0.717, 1.165) is 11.1 Å². The second-order valence-electron chi connectivity index (χ2n) is 5.45. The van der Waals surface area contributed by atoms with Gasteiger partial charge in [-0.05, 0) is 19.1 Å². The number of hydrogen-bond donors (Lipinski definition) is 0. The first-order valence-electron chi connectivity index (χ1n) is 7.61. The molecular weight excluding hydrogens is 284 g/mol. The standard InChI is InChI=1S/C21H18O2/c1-16-12-14-17(15-13-16)20(22)21(18-8-4-2-5-9-18)23-19-10-6-3-7-11-19/h2-15,21H,1H3. The summed E-state index contributed by atoms with van der Waals surface area (Å²) in [5, 5.41) is 0. The molecule has 0 aliphatic heterocycles.